The number of para-hydroxylation sites is 2. The lowest BCUT2D eigenvalue weighted by Crippen LogP contribution is -3.04. The molecule has 7 nitrogen and oxygen atoms in total. The van der Waals surface area contributed by atoms with Crippen LogP contribution in [0.3, 0.4) is 0 Å². The first kappa shape index (κ1) is 25.7. The molecular weight excluding hydrogens is 509 g/mol. The summed E-state index contributed by atoms with van der Waals surface area (Å²) in [6.45, 7) is 6.23. The van der Waals surface area contributed by atoms with E-state index in [0.29, 0.717) is 29.6 Å². The van der Waals surface area contributed by atoms with Gasteiger partial charge in [-0.15, -0.1) is 0 Å². The molecule has 0 fully saturated rings. The molecule has 0 aliphatic carbocycles. The first-order valence-corrected chi connectivity index (χ1v) is 13.9. The highest BCUT2D eigenvalue weighted by Gasteiger charge is 2.30. The zero-order valence-corrected chi connectivity index (χ0v) is 22.0. The SMILES string of the molecule is CCn1c(C=CC=C2Oc3ccccc3[NH+]2CC)[n+](CCCCS(=O)(=O)[O-])c2cc(Cl)c(Cl)cc21. The molecule has 0 bridgehead atoms. The highest BCUT2D eigenvalue weighted by atomic mass is 35.5. The van der Waals surface area contributed by atoms with E-state index >= 15 is 0 Å². The summed E-state index contributed by atoms with van der Waals surface area (Å²) >= 11 is 12.6. The Hall–Kier alpha value is -2.36. The quantitative estimate of drug-likeness (QED) is 0.254. The van der Waals surface area contributed by atoms with Crippen LogP contribution in [0.4, 0.5) is 5.69 Å². The second kappa shape index (κ2) is 10.7. The van der Waals surface area contributed by atoms with Gasteiger partial charge in [0.2, 0.25) is 0 Å². The number of imidazole rings is 1. The number of unbranched alkanes of at least 4 members (excludes halogenated alkanes) is 1. The molecule has 1 aliphatic heterocycles. The van der Waals surface area contributed by atoms with E-state index in [4.69, 9.17) is 27.9 Å². The van der Waals surface area contributed by atoms with Crippen molar-refractivity contribution in [1.82, 2.24) is 4.57 Å². The summed E-state index contributed by atoms with van der Waals surface area (Å²) in [7, 11) is -4.24. The third-order valence-electron chi connectivity index (χ3n) is 6.07. The number of fused-ring (bicyclic) bond motifs is 2. The van der Waals surface area contributed by atoms with Crippen LogP contribution in [0.15, 0.2) is 54.4 Å². The molecular formula is C25H28Cl2N3O4S+. The topological polar surface area (TPSA) is 79.7 Å². The molecule has 1 N–H and O–H groups in total. The van der Waals surface area contributed by atoms with Gasteiger partial charge >= 0.3 is 5.88 Å². The number of nitrogens with zero attached hydrogens (tertiary/aromatic N) is 2. The van der Waals surface area contributed by atoms with Gasteiger partial charge in [0, 0.05) is 36.1 Å². The van der Waals surface area contributed by atoms with Crippen LogP contribution in [0.25, 0.3) is 17.1 Å². The molecule has 1 aromatic heterocycles. The number of nitrogens with one attached hydrogen (secondary N) is 1. The maximum absolute atomic E-state index is 11.0. The fourth-order valence-electron chi connectivity index (χ4n) is 4.49. The van der Waals surface area contributed by atoms with Crippen molar-refractivity contribution in [2.45, 2.75) is 39.8 Å². The normalized spacial score (nSPS) is 16.9. The smallest absolute Gasteiger partial charge is 0.300 e. The minimum atomic E-state index is -4.24. The first-order chi connectivity index (χ1) is 16.7. The Kier molecular flexibility index (Phi) is 7.88. The number of quaternary nitrogens is 1. The minimum absolute atomic E-state index is 0.285. The van der Waals surface area contributed by atoms with Crippen LogP contribution in [0.5, 0.6) is 5.75 Å². The van der Waals surface area contributed by atoms with Crippen LogP contribution in [-0.2, 0) is 23.2 Å². The predicted molar refractivity (Wildman–Crippen MR) is 137 cm³/mol. The first-order valence-electron chi connectivity index (χ1n) is 11.6. The summed E-state index contributed by atoms with van der Waals surface area (Å²) in [5.41, 5.74) is 2.94. The summed E-state index contributed by atoms with van der Waals surface area (Å²) in [6, 6.07) is 11.7. The molecule has 0 amide bonds. The van der Waals surface area contributed by atoms with E-state index in [-0.39, 0.29) is 12.2 Å². The molecule has 0 radical (unpaired) electrons. The molecule has 186 valence electrons. The van der Waals surface area contributed by atoms with Gasteiger partial charge in [-0.05, 0) is 38.8 Å². The fourth-order valence-corrected chi connectivity index (χ4v) is 5.36. The van der Waals surface area contributed by atoms with Crippen LogP contribution in [0.2, 0.25) is 10.0 Å². The molecule has 10 heteroatoms. The Bertz CT molecular complexity index is 1410. The average molecular weight is 537 g/mol. The van der Waals surface area contributed by atoms with E-state index < -0.39 is 10.1 Å². The van der Waals surface area contributed by atoms with Crippen LogP contribution in [0, 0.1) is 0 Å². The molecule has 4 rings (SSSR count). The van der Waals surface area contributed by atoms with E-state index in [9.17, 15) is 13.0 Å². The van der Waals surface area contributed by atoms with Crippen molar-refractivity contribution in [1.29, 1.82) is 0 Å². The fraction of sp³-hybridized carbons (Fsp3) is 0.320. The largest absolute Gasteiger partial charge is 0.748 e. The van der Waals surface area contributed by atoms with E-state index in [1.54, 1.807) is 0 Å². The summed E-state index contributed by atoms with van der Waals surface area (Å²) in [4.78, 5) is 1.16. The van der Waals surface area contributed by atoms with Crippen molar-refractivity contribution in [3.63, 3.8) is 0 Å². The minimum Gasteiger partial charge on any atom is -0.748 e. The van der Waals surface area contributed by atoms with E-state index in [0.717, 1.165) is 45.6 Å². The van der Waals surface area contributed by atoms with Crippen LogP contribution >= 0.6 is 23.2 Å². The maximum atomic E-state index is 11.0. The number of rotatable bonds is 9. The van der Waals surface area contributed by atoms with E-state index in [1.807, 2.05) is 55.5 Å². The Labute approximate surface area is 215 Å². The zero-order valence-electron chi connectivity index (χ0n) is 19.6. The molecule has 2 heterocycles. The number of halogens is 2. The molecule has 1 atom stereocenters. The third kappa shape index (κ3) is 5.57. The number of hydrogen-bond donors (Lipinski definition) is 1. The van der Waals surface area contributed by atoms with E-state index in [2.05, 4.69) is 22.1 Å². The molecule has 1 aliphatic rings. The van der Waals surface area contributed by atoms with Crippen LogP contribution in [0.1, 0.15) is 32.5 Å². The van der Waals surface area contributed by atoms with Crippen molar-refractivity contribution < 1.29 is 27.2 Å². The monoisotopic (exact) mass is 536 g/mol. The van der Waals surface area contributed by atoms with Crippen LogP contribution in [-0.4, -0.2) is 29.8 Å². The standard InChI is InChI=1S/C25H27Cl2N3O4S/c1-3-28-21-16-18(26)19(27)17-22(21)30(14-7-8-15-35(31,32)33)24(28)12-9-13-25-29(4-2)20-10-5-6-11-23(20)34-25/h5-6,9-13,16-17H,3-4,7-8,14-15H2,1-2H3/p+1. The van der Waals surface area contributed by atoms with Crippen molar-refractivity contribution >= 4 is 56.1 Å². The number of allylic oxidation sites excluding steroid dienone is 2. The molecule has 3 aromatic rings. The van der Waals surface area contributed by atoms with Crippen molar-refractivity contribution in [2.24, 2.45) is 0 Å². The van der Waals surface area contributed by atoms with Gasteiger partial charge in [-0.25, -0.2) is 22.5 Å². The van der Waals surface area contributed by atoms with Gasteiger partial charge in [-0.2, -0.15) is 0 Å². The second-order valence-electron chi connectivity index (χ2n) is 8.30. The second-order valence-corrected chi connectivity index (χ2v) is 10.6. The van der Waals surface area contributed by atoms with Crippen molar-refractivity contribution in [3.8, 4) is 5.75 Å². The average Bonchev–Trinajstić information content (AvgIpc) is 3.30. The molecule has 0 saturated heterocycles. The Morgan fingerprint density at radius 3 is 2.60 bits per heavy atom. The van der Waals surface area contributed by atoms with Gasteiger partial charge in [-0.1, -0.05) is 35.3 Å². The van der Waals surface area contributed by atoms with Crippen molar-refractivity contribution in [3.05, 3.63) is 70.3 Å². The van der Waals surface area contributed by atoms with Gasteiger partial charge in [-0.3, -0.25) is 0 Å². The van der Waals surface area contributed by atoms with Gasteiger partial charge in [0.1, 0.15) is 0 Å². The van der Waals surface area contributed by atoms with Gasteiger partial charge in [0.05, 0.1) is 39.8 Å². The number of aryl methyl sites for hydroxylation is 2. The summed E-state index contributed by atoms with van der Waals surface area (Å²) < 4.78 is 43.4. The Morgan fingerprint density at radius 2 is 1.89 bits per heavy atom. The molecule has 35 heavy (non-hydrogen) atoms. The lowest BCUT2D eigenvalue weighted by Gasteiger charge is -2.07. The highest BCUT2D eigenvalue weighted by molar-refractivity contribution is 7.85. The molecule has 0 spiro atoms. The van der Waals surface area contributed by atoms with Crippen molar-refractivity contribution in [2.75, 3.05) is 12.3 Å². The number of benzene rings is 2. The van der Waals surface area contributed by atoms with Gasteiger partial charge in [0.25, 0.3) is 5.82 Å². The number of aromatic nitrogens is 2. The summed E-state index contributed by atoms with van der Waals surface area (Å²) in [5, 5.41) is 0.910. The lowest BCUT2D eigenvalue weighted by atomic mass is 10.3. The highest BCUT2D eigenvalue weighted by Crippen LogP contribution is 2.29. The summed E-state index contributed by atoms with van der Waals surface area (Å²) in [5.74, 6) is 2.22. The molecule has 2 aromatic carbocycles. The predicted octanol–water partition coefficient (Wildman–Crippen LogP) is 4.06. The third-order valence-corrected chi connectivity index (χ3v) is 7.58. The number of hydrogen-bond acceptors (Lipinski definition) is 4. The molecule has 0 saturated carbocycles. The van der Waals surface area contributed by atoms with E-state index in [1.165, 1.54) is 0 Å². The number of ether oxygens (including phenoxy) is 1. The van der Waals surface area contributed by atoms with Crippen LogP contribution < -0.4 is 14.2 Å². The lowest BCUT2D eigenvalue weighted by molar-refractivity contribution is -0.793. The Morgan fingerprint density at radius 1 is 1.14 bits per heavy atom. The van der Waals surface area contributed by atoms with Gasteiger partial charge < -0.3 is 9.29 Å². The summed E-state index contributed by atoms with van der Waals surface area (Å²) in [6.07, 6.45) is 6.74. The zero-order chi connectivity index (χ0) is 25.2. The maximum Gasteiger partial charge on any atom is 0.300 e. The Balaban J connectivity index is 1.70. The molecule has 1 unspecified atom stereocenters. The van der Waals surface area contributed by atoms with Gasteiger partial charge in [0.15, 0.2) is 22.5 Å².